The van der Waals surface area contributed by atoms with Gasteiger partial charge in [0.1, 0.15) is 5.75 Å². The molecule has 0 radical (unpaired) electrons. The molecular weight excluding hydrogens is 332 g/mol. The Morgan fingerprint density at radius 2 is 2.00 bits per heavy atom. The Kier molecular flexibility index (Phi) is 7.06. The lowest BCUT2D eigenvalue weighted by atomic mass is 10.1. The van der Waals surface area contributed by atoms with Crippen molar-refractivity contribution in [1.82, 2.24) is 10.2 Å². The molecule has 2 saturated heterocycles. The molecule has 2 atom stereocenters. The lowest BCUT2D eigenvalue weighted by Gasteiger charge is -2.24. The number of amides is 1. The first-order valence-corrected chi connectivity index (χ1v) is 9.04. The standard InChI is InChI=1S/C17H24N2O2S.ClH/c1-21-15-4-6-16(7-5-15)22-11-9-17(20)19-10-8-13-2-3-14(12-19)18-13;/h4-7,13-14,18H,2-3,8-12H2,1H3;1H. The van der Waals surface area contributed by atoms with Gasteiger partial charge in [-0.15, -0.1) is 24.2 Å². The van der Waals surface area contributed by atoms with Crippen molar-refractivity contribution in [3.8, 4) is 5.75 Å². The number of carbonyl (C=O) groups is 1. The maximum Gasteiger partial charge on any atom is 0.223 e. The minimum Gasteiger partial charge on any atom is -0.497 e. The van der Waals surface area contributed by atoms with Crippen LogP contribution in [0.2, 0.25) is 0 Å². The van der Waals surface area contributed by atoms with E-state index in [0.29, 0.717) is 24.4 Å². The molecule has 2 heterocycles. The monoisotopic (exact) mass is 356 g/mol. The minimum absolute atomic E-state index is 0. The molecule has 0 aliphatic carbocycles. The van der Waals surface area contributed by atoms with Gasteiger partial charge in [0, 0.05) is 42.2 Å². The van der Waals surface area contributed by atoms with Gasteiger partial charge >= 0.3 is 0 Å². The molecule has 2 aliphatic heterocycles. The van der Waals surface area contributed by atoms with Crippen molar-refractivity contribution >= 4 is 30.1 Å². The quantitative estimate of drug-likeness (QED) is 0.823. The summed E-state index contributed by atoms with van der Waals surface area (Å²) in [6.45, 7) is 1.81. The Bertz CT molecular complexity index is 512. The number of ether oxygens (including phenoxy) is 1. The minimum atomic E-state index is 0. The molecule has 0 spiro atoms. The highest BCUT2D eigenvalue weighted by Crippen LogP contribution is 2.23. The van der Waals surface area contributed by atoms with E-state index in [-0.39, 0.29) is 12.4 Å². The molecule has 4 nitrogen and oxygen atoms in total. The Morgan fingerprint density at radius 1 is 1.26 bits per heavy atom. The lowest BCUT2D eigenvalue weighted by Crippen LogP contribution is -2.39. The van der Waals surface area contributed by atoms with Crippen LogP contribution >= 0.6 is 24.2 Å². The molecule has 0 aromatic heterocycles. The van der Waals surface area contributed by atoms with Gasteiger partial charge < -0.3 is 15.0 Å². The summed E-state index contributed by atoms with van der Waals surface area (Å²) in [5.74, 6) is 2.01. The summed E-state index contributed by atoms with van der Waals surface area (Å²) >= 11 is 1.73. The van der Waals surface area contributed by atoms with E-state index in [1.807, 2.05) is 24.3 Å². The zero-order valence-electron chi connectivity index (χ0n) is 13.5. The molecule has 1 amide bonds. The summed E-state index contributed by atoms with van der Waals surface area (Å²) in [6.07, 6.45) is 4.22. The number of likely N-dealkylation sites (tertiary alicyclic amines) is 1. The first-order chi connectivity index (χ1) is 10.7. The van der Waals surface area contributed by atoms with Crippen LogP contribution in [0.5, 0.6) is 5.75 Å². The van der Waals surface area contributed by atoms with E-state index >= 15 is 0 Å². The average Bonchev–Trinajstić information content (AvgIpc) is 2.87. The average molecular weight is 357 g/mol. The van der Waals surface area contributed by atoms with Crippen LogP contribution in [0.1, 0.15) is 25.7 Å². The Morgan fingerprint density at radius 3 is 2.74 bits per heavy atom. The van der Waals surface area contributed by atoms with Crippen molar-refractivity contribution in [3.05, 3.63) is 24.3 Å². The van der Waals surface area contributed by atoms with Crippen molar-refractivity contribution in [3.63, 3.8) is 0 Å². The van der Waals surface area contributed by atoms with Gasteiger partial charge in [0.2, 0.25) is 5.91 Å². The number of fused-ring (bicyclic) bond motifs is 2. The number of thioether (sulfide) groups is 1. The highest BCUT2D eigenvalue weighted by atomic mass is 35.5. The fourth-order valence-electron chi connectivity index (χ4n) is 3.26. The maximum atomic E-state index is 12.4. The van der Waals surface area contributed by atoms with Gasteiger partial charge in [-0.25, -0.2) is 0 Å². The third-order valence-corrected chi connectivity index (χ3v) is 5.53. The summed E-state index contributed by atoms with van der Waals surface area (Å²) < 4.78 is 5.15. The van der Waals surface area contributed by atoms with Gasteiger partial charge in [0.15, 0.2) is 0 Å². The summed E-state index contributed by atoms with van der Waals surface area (Å²) in [6, 6.07) is 9.16. The molecule has 1 aromatic carbocycles. The first kappa shape index (κ1) is 18.4. The molecule has 2 fully saturated rings. The number of halogens is 1. The largest absolute Gasteiger partial charge is 0.497 e. The second-order valence-corrected chi connectivity index (χ2v) is 7.21. The number of hydrogen-bond donors (Lipinski definition) is 1. The zero-order chi connectivity index (χ0) is 15.4. The molecule has 2 bridgehead atoms. The Labute approximate surface area is 148 Å². The maximum absolute atomic E-state index is 12.4. The number of benzene rings is 1. The van der Waals surface area contributed by atoms with Crippen molar-refractivity contribution in [2.24, 2.45) is 0 Å². The van der Waals surface area contributed by atoms with Gasteiger partial charge in [-0.1, -0.05) is 0 Å². The van der Waals surface area contributed by atoms with Crippen LogP contribution in [0.4, 0.5) is 0 Å². The summed E-state index contributed by atoms with van der Waals surface area (Å²) in [7, 11) is 1.67. The van der Waals surface area contributed by atoms with E-state index in [9.17, 15) is 4.79 Å². The fourth-order valence-corrected chi connectivity index (χ4v) is 4.10. The van der Waals surface area contributed by atoms with Crippen LogP contribution in [0.3, 0.4) is 0 Å². The van der Waals surface area contributed by atoms with Gasteiger partial charge in [-0.3, -0.25) is 4.79 Å². The molecule has 23 heavy (non-hydrogen) atoms. The number of nitrogens with one attached hydrogen (secondary N) is 1. The second kappa shape index (κ2) is 8.81. The van der Waals surface area contributed by atoms with Crippen molar-refractivity contribution in [1.29, 1.82) is 0 Å². The van der Waals surface area contributed by atoms with E-state index in [4.69, 9.17) is 4.74 Å². The molecule has 1 aromatic rings. The SMILES string of the molecule is COc1ccc(SCCC(=O)N2CCC3CCC(C2)N3)cc1.Cl. The Balaban J connectivity index is 0.00000192. The van der Waals surface area contributed by atoms with Gasteiger partial charge in [0.25, 0.3) is 0 Å². The van der Waals surface area contributed by atoms with Crippen molar-refractivity contribution in [2.75, 3.05) is 26.0 Å². The third-order valence-electron chi connectivity index (χ3n) is 4.52. The number of rotatable bonds is 5. The normalized spacial score (nSPS) is 23.1. The number of carbonyl (C=O) groups excluding carboxylic acids is 1. The summed E-state index contributed by atoms with van der Waals surface area (Å²) in [5, 5.41) is 3.62. The van der Waals surface area contributed by atoms with Crippen molar-refractivity contribution < 1.29 is 9.53 Å². The molecule has 1 N–H and O–H groups in total. The highest BCUT2D eigenvalue weighted by molar-refractivity contribution is 7.99. The smallest absolute Gasteiger partial charge is 0.223 e. The van der Waals surface area contributed by atoms with Crippen LogP contribution in [0.25, 0.3) is 0 Å². The van der Waals surface area contributed by atoms with Gasteiger partial charge in [-0.05, 0) is 43.5 Å². The molecule has 128 valence electrons. The predicted molar refractivity (Wildman–Crippen MR) is 96.7 cm³/mol. The zero-order valence-corrected chi connectivity index (χ0v) is 15.1. The van der Waals surface area contributed by atoms with Crippen LogP contribution in [-0.4, -0.2) is 48.8 Å². The second-order valence-electron chi connectivity index (χ2n) is 6.04. The van der Waals surface area contributed by atoms with Gasteiger partial charge in [-0.2, -0.15) is 0 Å². The van der Waals surface area contributed by atoms with E-state index in [0.717, 1.165) is 31.0 Å². The van der Waals surface area contributed by atoms with E-state index < -0.39 is 0 Å². The number of nitrogens with zero attached hydrogens (tertiary/aromatic N) is 1. The van der Waals surface area contributed by atoms with Crippen molar-refractivity contribution in [2.45, 2.75) is 42.7 Å². The molecule has 2 aliphatic rings. The molecule has 0 saturated carbocycles. The van der Waals surface area contributed by atoms with Crippen LogP contribution in [0, 0.1) is 0 Å². The lowest BCUT2D eigenvalue weighted by molar-refractivity contribution is -0.130. The predicted octanol–water partition coefficient (Wildman–Crippen LogP) is 2.95. The number of hydrogen-bond acceptors (Lipinski definition) is 4. The summed E-state index contributed by atoms with van der Waals surface area (Å²) in [5.41, 5.74) is 0. The van der Waals surface area contributed by atoms with E-state index in [2.05, 4.69) is 10.2 Å². The Hall–Kier alpha value is -0.910. The summed E-state index contributed by atoms with van der Waals surface area (Å²) in [4.78, 5) is 15.6. The van der Waals surface area contributed by atoms with Crippen LogP contribution in [-0.2, 0) is 4.79 Å². The number of methoxy groups -OCH3 is 1. The highest BCUT2D eigenvalue weighted by Gasteiger charge is 2.30. The molecule has 3 rings (SSSR count). The molecule has 6 heteroatoms. The molecule has 2 unspecified atom stereocenters. The van der Waals surface area contributed by atoms with Crippen LogP contribution < -0.4 is 10.1 Å². The van der Waals surface area contributed by atoms with Crippen LogP contribution in [0.15, 0.2) is 29.2 Å². The van der Waals surface area contributed by atoms with Gasteiger partial charge in [0.05, 0.1) is 7.11 Å². The third kappa shape index (κ3) is 5.03. The fraction of sp³-hybridized carbons (Fsp3) is 0.588. The van der Waals surface area contributed by atoms with E-state index in [1.54, 1.807) is 18.9 Å². The van der Waals surface area contributed by atoms with E-state index in [1.165, 1.54) is 17.7 Å². The molecular formula is C17H25ClN2O2S. The first-order valence-electron chi connectivity index (χ1n) is 8.05. The topological polar surface area (TPSA) is 41.6 Å².